The molecule has 3 aromatic rings. The van der Waals surface area contributed by atoms with Gasteiger partial charge in [-0.25, -0.2) is 13.4 Å². The number of nitrogens with one attached hydrogen (secondary N) is 1. The van der Waals surface area contributed by atoms with Crippen molar-refractivity contribution < 1.29 is 17.6 Å². The van der Waals surface area contributed by atoms with E-state index in [1.807, 2.05) is 18.2 Å². The number of aromatic nitrogens is 2. The average Bonchev–Trinajstić information content (AvgIpc) is 3.67. The maximum atomic E-state index is 12.9. The highest BCUT2D eigenvalue weighted by molar-refractivity contribution is 7.92. The number of anilines is 1. The summed E-state index contributed by atoms with van der Waals surface area (Å²) in [5.74, 6) is -0.225. The monoisotopic (exact) mass is 528 g/mol. The van der Waals surface area contributed by atoms with Crippen molar-refractivity contribution in [2.24, 2.45) is 5.41 Å². The highest BCUT2D eigenvalue weighted by Crippen LogP contribution is 2.45. The first-order chi connectivity index (χ1) is 17.3. The zero-order valence-corrected chi connectivity index (χ0v) is 21.5. The number of nitrogens with zero attached hydrogens (tertiary/aromatic N) is 3. The van der Waals surface area contributed by atoms with Gasteiger partial charge in [-0.3, -0.25) is 4.79 Å². The molecule has 2 aliphatic carbocycles. The maximum absolute atomic E-state index is 12.9. The van der Waals surface area contributed by atoms with Crippen molar-refractivity contribution in [2.75, 3.05) is 18.0 Å². The van der Waals surface area contributed by atoms with Crippen LogP contribution in [0.4, 0.5) is 6.01 Å². The summed E-state index contributed by atoms with van der Waals surface area (Å²) in [6.07, 6.45) is 8.87. The largest absolute Gasteiger partial charge is 0.423 e. The molecule has 2 aromatic heterocycles. The highest BCUT2D eigenvalue weighted by atomic mass is 35.5. The van der Waals surface area contributed by atoms with Gasteiger partial charge in [0.05, 0.1) is 5.25 Å². The first-order valence-corrected chi connectivity index (χ1v) is 14.6. The molecule has 1 spiro atoms. The van der Waals surface area contributed by atoms with Crippen LogP contribution in [-0.4, -0.2) is 48.7 Å². The molecule has 0 atom stereocenters. The number of amides is 1. The molecule has 190 valence electrons. The third kappa shape index (κ3) is 4.59. The van der Waals surface area contributed by atoms with E-state index in [9.17, 15) is 13.2 Å². The Labute approximate surface area is 215 Å². The minimum absolute atomic E-state index is 0.00838. The Hall–Kier alpha value is -2.65. The number of oxazole rings is 1. The number of pyridine rings is 1. The molecule has 0 bridgehead atoms. The van der Waals surface area contributed by atoms with Crippen LogP contribution >= 0.6 is 11.6 Å². The smallest absolute Gasteiger partial charge is 0.298 e. The lowest BCUT2D eigenvalue weighted by Gasteiger charge is -2.45. The number of rotatable bonds is 5. The third-order valence-corrected chi connectivity index (χ3v) is 10.5. The fourth-order valence-electron chi connectivity index (χ4n) is 5.59. The van der Waals surface area contributed by atoms with Crippen LogP contribution in [0.1, 0.15) is 61.7 Å². The van der Waals surface area contributed by atoms with Crippen LogP contribution in [0.15, 0.2) is 46.0 Å². The zero-order valence-electron chi connectivity index (χ0n) is 20.0. The molecule has 0 unspecified atom stereocenters. The van der Waals surface area contributed by atoms with E-state index in [0.717, 1.165) is 62.7 Å². The molecule has 3 heterocycles. The first kappa shape index (κ1) is 23.7. The summed E-state index contributed by atoms with van der Waals surface area (Å²) in [5, 5.41) is 3.44. The molecular weight excluding hydrogens is 500 g/mol. The Morgan fingerprint density at radius 3 is 2.53 bits per heavy atom. The van der Waals surface area contributed by atoms with Gasteiger partial charge in [-0.05, 0) is 87.1 Å². The first-order valence-electron chi connectivity index (χ1n) is 12.6. The summed E-state index contributed by atoms with van der Waals surface area (Å²) in [5.41, 5.74) is 2.17. The number of hydrogen-bond acceptors (Lipinski definition) is 7. The molecular formula is C26H29ClN4O4S. The Balaban J connectivity index is 1.04. The molecule has 1 aromatic carbocycles. The molecule has 36 heavy (non-hydrogen) atoms. The van der Waals surface area contributed by atoms with E-state index in [1.54, 1.807) is 6.07 Å². The number of hydrogen-bond donors (Lipinski definition) is 1. The summed E-state index contributed by atoms with van der Waals surface area (Å²) in [6.45, 7) is 1.79. The van der Waals surface area contributed by atoms with Gasteiger partial charge in [0.1, 0.15) is 5.52 Å². The average molecular weight is 529 g/mol. The van der Waals surface area contributed by atoms with Gasteiger partial charge in [0.25, 0.3) is 11.9 Å². The Morgan fingerprint density at radius 1 is 1.06 bits per heavy atom. The Kier molecular flexibility index (Phi) is 5.95. The number of fused-ring (bicyclic) bond motifs is 1. The van der Waals surface area contributed by atoms with Crippen LogP contribution in [0, 0.1) is 5.41 Å². The number of carbonyl (C=O) groups excluding carboxylic acids is 1. The molecule has 1 N–H and O–H groups in total. The van der Waals surface area contributed by atoms with Crippen molar-refractivity contribution in [3.63, 3.8) is 0 Å². The Morgan fingerprint density at radius 2 is 1.81 bits per heavy atom. The second-order valence-corrected chi connectivity index (χ2v) is 13.1. The van der Waals surface area contributed by atoms with E-state index in [-0.39, 0.29) is 27.6 Å². The van der Waals surface area contributed by atoms with Crippen LogP contribution in [0.2, 0.25) is 5.02 Å². The van der Waals surface area contributed by atoms with Gasteiger partial charge in [-0.1, -0.05) is 11.6 Å². The fourth-order valence-corrected chi connectivity index (χ4v) is 7.36. The second-order valence-electron chi connectivity index (χ2n) is 10.5. The molecule has 3 aliphatic rings. The van der Waals surface area contributed by atoms with Crippen molar-refractivity contribution in [2.45, 2.75) is 67.7 Å². The van der Waals surface area contributed by atoms with Crippen LogP contribution in [0.25, 0.3) is 11.1 Å². The Bertz CT molecular complexity index is 1400. The van der Waals surface area contributed by atoms with Crippen molar-refractivity contribution in [1.29, 1.82) is 0 Å². The van der Waals surface area contributed by atoms with Crippen molar-refractivity contribution in [3.05, 3.63) is 47.1 Å². The molecule has 3 fully saturated rings. The summed E-state index contributed by atoms with van der Waals surface area (Å²) >= 11 is 6.08. The minimum Gasteiger partial charge on any atom is -0.423 e. The predicted molar refractivity (Wildman–Crippen MR) is 137 cm³/mol. The molecule has 8 nitrogen and oxygen atoms in total. The summed E-state index contributed by atoms with van der Waals surface area (Å²) in [7, 11) is -3.42. The summed E-state index contributed by atoms with van der Waals surface area (Å²) in [4.78, 5) is 23.7. The standard InChI is InChI=1S/C26H29ClN4O4S/c27-18-1-4-22-21(16-18)30-25(35-22)31-13-10-26(11-14-31)8-5-19(6-9-26)29-24(32)17-7-12-28-23(15-17)36(33,34)20-2-3-20/h1,4,7,12,15-16,19-20H,2-3,5-6,8-11,13-14H2,(H,29,32). The SMILES string of the molecule is O=C(NC1CCC2(CC1)CCN(c1nc3cc(Cl)ccc3o1)CC2)c1ccnc(S(=O)(=O)C2CC2)c1. The molecule has 1 saturated heterocycles. The van der Waals surface area contributed by atoms with E-state index in [0.29, 0.717) is 29.4 Å². The lowest BCUT2D eigenvalue weighted by molar-refractivity contribution is 0.0865. The van der Waals surface area contributed by atoms with Crippen molar-refractivity contribution in [1.82, 2.24) is 15.3 Å². The number of sulfone groups is 1. The van der Waals surface area contributed by atoms with Crippen LogP contribution in [0.3, 0.4) is 0 Å². The number of benzene rings is 1. The molecule has 1 aliphatic heterocycles. The molecule has 6 rings (SSSR count). The molecule has 2 saturated carbocycles. The fraction of sp³-hybridized carbons (Fsp3) is 0.500. The number of piperidine rings is 1. The number of halogens is 1. The lowest BCUT2D eigenvalue weighted by atomic mass is 9.67. The minimum atomic E-state index is -3.42. The van der Waals surface area contributed by atoms with Gasteiger partial charge in [0.2, 0.25) is 0 Å². The third-order valence-electron chi connectivity index (χ3n) is 8.07. The molecule has 1 amide bonds. The van der Waals surface area contributed by atoms with Gasteiger partial charge < -0.3 is 14.6 Å². The van der Waals surface area contributed by atoms with E-state index >= 15 is 0 Å². The van der Waals surface area contributed by atoms with Crippen LogP contribution in [-0.2, 0) is 9.84 Å². The second kappa shape index (κ2) is 9.03. The zero-order chi connectivity index (χ0) is 24.9. The number of carbonyl (C=O) groups is 1. The van der Waals surface area contributed by atoms with E-state index in [2.05, 4.69) is 20.2 Å². The summed E-state index contributed by atoms with van der Waals surface area (Å²) in [6, 6.07) is 9.25. The normalized spacial score (nSPS) is 20.6. The van der Waals surface area contributed by atoms with E-state index in [4.69, 9.17) is 16.0 Å². The van der Waals surface area contributed by atoms with Gasteiger partial charge in [0.15, 0.2) is 20.4 Å². The van der Waals surface area contributed by atoms with E-state index in [1.165, 1.54) is 12.3 Å². The van der Waals surface area contributed by atoms with E-state index < -0.39 is 9.84 Å². The maximum Gasteiger partial charge on any atom is 0.298 e. The van der Waals surface area contributed by atoms with Gasteiger partial charge in [0, 0.05) is 35.9 Å². The van der Waals surface area contributed by atoms with Gasteiger partial charge >= 0.3 is 0 Å². The predicted octanol–water partition coefficient (Wildman–Crippen LogP) is 4.77. The highest BCUT2D eigenvalue weighted by Gasteiger charge is 2.40. The quantitative estimate of drug-likeness (QED) is 0.508. The topological polar surface area (TPSA) is 105 Å². The van der Waals surface area contributed by atoms with Gasteiger partial charge in [-0.2, -0.15) is 4.98 Å². The van der Waals surface area contributed by atoms with Gasteiger partial charge in [-0.15, -0.1) is 0 Å². The summed E-state index contributed by atoms with van der Waals surface area (Å²) < 4.78 is 30.9. The molecule has 10 heteroatoms. The lowest BCUT2D eigenvalue weighted by Crippen LogP contribution is -2.45. The van der Waals surface area contributed by atoms with Crippen molar-refractivity contribution >= 4 is 44.5 Å². The van der Waals surface area contributed by atoms with Crippen LogP contribution < -0.4 is 10.2 Å². The van der Waals surface area contributed by atoms with Crippen molar-refractivity contribution in [3.8, 4) is 0 Å². The molecule has 0 radical (unpaired) electrons. The van der Waals surface area contributed by atoms with Crippen LogP contribution in [0.5, 0.6) is 0 Å².